The Bertz CT molecular complexity index is 361. The highest BCUT2D eigenvalue weighted by molar-refractivity contribution is 7.88. The smallest absolute Gasteiger partial charge is 0.211 e. The van der Waals surface area contributed by atoms with Crippen molar-refractivity contribution in [1.82, 2.24) is 9.29 Å². The van der Waals surface area contributed by atoms with Gasteiger partial charge < -0.3 is 0 Å². The van der Waals surface area contributed by atoms with E-state index in [1.54, 1.807) is 18.2 Å². The number of aromatic nitrogens is 1. The molecule has 0 amide bonds. The molecule has 0 unspecified atom stereocenters. The Morgan fingerprint density at radius 3 is 2.77 bits per heavy atom. The van der Waals surface area contributed by atoms with Crippen LogP contribution in [0.4, 0.5) is 0 Å². The maximum atomic E-state index is 11.0. The Balaban J connectivity index is 2.72. The van der Waals surface area contributed by atoms with Crippen LogP contribution in [0.1, 0.15) is 5.69 Å². The molecule has 13 heavy (non-hydrogen) atoms. The molecule has 1 aromatic rings. The third kappa shape index (κ3) is 3.12. The van der Waals surface area contributed by atoms with E-state index < -0.39 is 10.0 Å². The normalized spacial score (nSPS) is 11.9. The Morgan fingerprint density at radius 2 is 2.31 bits per heavy atom. The summed E-state index contributed by atoms with van der Waals surface area (Å²) < 4.78 is 23.3. The Hall–Kier alpha value is -0.940. The number of rotatable bonds is 3. The van der Waals surface area contributed by atoms with Gasteiger partial charge in [0.2, 0.25) is 10.0 Å². The Morgan fingerprint density at radius 1 is 1.62 bits per heavy atom. The first kappa shape index (κ1) is 10.1. The van der Waals surface area contributed by atoms with Crippen molar-refractivity contribution in [2.75, 3.05) is 13.3 Å². The molecule has 1 rings (SSSR count). The van der Waals surface area contributed by atoms with Crippen molar-refractivity contribution in [3.63, 3.8) is 0 Å². The van der Waals surface area contributed by atoms with Crippen LogP contribution in [0.3, 0.4) is 0 Å². The largest absolute Gasteiger partial charge is 0.250 e. The highest BCUT2D eigenvalue weighted by Gasteiger charge is 2.11. The van der Waals surface area contributed by atoms with Crippen LogP contribution >= 0.6 is 0 Å². The minimum atomic E-state index is -3.12. The monoisotopic (exact) mass is 199 g/mol. The lowest BCUT2D eigenvalue weighted by Gasteiger charge is -2.12. The molecule has 0 aliphatic heterocycles. The predicted molar refractivity (Wildman–Crippen MR) is 49.4 cm³/mol. The number of hydrogen-bond acceptors (Lipinski definition) is 3. The summed E-state index contributed by atoms with van der Waals surface area (Å²) in [5.41, 5.74) is 0.690. The first-order chi connectivity index (χ1) is 6.00. The van der Waals surface area contributed by atoms with Gasteiger partial charge in [-0.1, -0.05) is 6.07 Å². The van der Waals surface area contributed by atoms with Gasteiger partial charge in [0, 0.05) is 7.05 Å². The zero-order valence-corrected chi connectivity index (χ0v) is 8.37. The SMILES string of the molecule is CN(Cc1ccc[c]n1)S(C)(=O)=O. The van der Waals surface area contributed by atoms with Gasteiger partial charge in [0.15, 0.2) is 0 Å². The third-order valence-electron chi connectivity index (χ3n) is 1.62. The molecule has 0 aliphatic rings. The second-order valence-electron chi connectivity index (χ2n) is 2.78. The minimum absolute atomic E-state index is 0.288. The van der Waals surface area contributed by atoms with Gasteiger partial charge in [-0.25, -0.2) is 13.4 Å². The summed E-state index contributed by atoms with van der Waals surface area (Å²) in [6.07, 6.45) is 3.81. The lowest BCUT2D eigenvalue weighted by molar-refractivity contribution is 0.467. The Labute approximate surface area is 78.3 Å². The summed E-state index contributed by atoms with van der Waals surface area (Å²) in [7, 11) is -1.60. The molecular formula is C8H11N2O2S. The molecule has 5 heteroatoms. The molecule has 71 valence electrons. The van der Waals surface area contributed by atoms with Crippen molar-refractivity contribution in [1.29, 1.82) is 0 Å². The van der Waals surface area contributed by atoms with Crippen LogP contribution in [0.15, 0.2) is 18.2 Å². The van der Waals surface area contributed by atoms with Gasteiger partial charge in [0.05, 0.1) is 24.7 Å². The van der Waals surface area contributed by atoms with Crippen molar-refractivity contribution >= 4 is 10.0 Å². The molecule has 1 aromatic heterocycles. The summed E-state index contributed by atoms with van der Waals surface area (Å²) in [5, 5.41) is 0. The average Bonchev–Trinajstić information content (AvgIpc) is 2.04. The van der Waals surface area contributed by atoms with Crippen LogP contribution in [0, 0.1) is 6.20 Å². The summed E-state index contributed by atoms with van der Waals surface area (Å²) in [6.45, 7) is 0.288. The molecule has 0 saturated heterocycles. The zero-order chi connectivity index (χ0) is 9.90. The van der Waals surface area contributed by atoms with E-state index in [4.69, 9.17) is 0 Å². The first-order valence-corrected chi connectivity index (χ1v) is 5.58. The number of hydrogen-bond donors (Lipinski definition) is 0. The fourth-order valence-electron chi connectivity index (χ4n) is 0.793. The lowest BCUT2D eigenvalue weighted by atomic mass is 10.3. The molecule has 0 bridgehead atoms. The number of pyridine rings is 1. The summed E-state index contributed by atoms with van der Waals surface area (Å²) in [6, 6.07) is 5.21. The van der Waals surface area contributed by atoms with Gasteiger partial charge in [0.1, 0.15) is 0 Å². The molecule has 0 spiro atoms. The van der Waals surface area contributed by atoms with E-state index >= 15 is 0 Å². The predicted octanol–water partition coefficient (Wildman–Crippen LogP) is 0.273. The molecule has 0 fully saturated rings. The fraction of sp³-hybridized carbons (Fsp3) is 0.375. The summed E-state index contributed by atoms with van der Waals surface area (Å²) in [5.74, 6) is 0. The van der Waals surface area contributed by atoms with E-state index in [9.17, 15) is 8.42 Å². The van der Waals surface area contributed by atoms with Crippen LogP contribution in [-0.4, -0.2) is 31.0 Å². The molecule has 0 aliphatic carbocycles. The highest BCUT2D eigenvalue weighted by Crippen LogP contribution is 2.01. The molecule has 0 aromatic carbocycles. The van der Waals surface area contributed by atoms with Gasteiger partial charge in [-0.05, 0) is 12.1 Å². The van der Waals surface area contributed by atoms with Gasteiger partial charge in [0.25, 0.3) is 0 Å². The fourth-order valence-corrected chi connectivity index (χ4v) is 1.16. The van der Waals surface area contributed by atoms with Crippen LogP contribution < -0.4 is 0 Å². The number of nitrogens with zero attached hydrogens (tertiary/aromatic N) is 2. The van der Waals surface area contributed by atoms with Crippen LogP contribution in [0.25, 0.3) is 0 Å². The topological polar surface area (TPSA) is 50.3 Å². The third-order valence-corrected chi connectivity index (χ3v) is 2.88. The van der Waals surface area contributed by atoms with E-state index in [-0.39, 0.29) is 6.54 Å². The second-order valence-corrected chi connectivity index (χ2v) is 4.87. The van der Waals surface area contributed by atoms with Crippen molar-refractivity contribution in [3.05, 3.63) is 30.1 Å². The quantitative estimate of drug-likeness (QED) is 0.702. The van der Waals surface area contributed by atoms with Crippen molar-refractivity contribution in [2.24, 2.45) is 0 Å². The zero-order valence-electron chi connectivity index (χ0n) is 7.56. The van der Waals surface area contributed by atoms with Crippen LogP contribution in [-0.2, 0) is 16.6 Å². The molecule has 4 nitrogen and oxygen atoms in total. The van der Waals surface area contributed by atoms with Crippen molar-refractivity contribution in [3.8, 4) is 0 Å². The van der Waals surface area contributed by atoms with E-state index in [1.807, 2.05) is 0 Å². The van der Waals surface area contributed by atoms with Gasteiger partial charge >= 0.3 is 0 Å². The molecular weight excluding hydrogens is 188 g/mol. The summed E-state index contributed by atoms with van der Waals surface area (Å²) in [4.78, 5) is 3.90. The van der Waals surface area contributed by atoms with E-state index in [2.05, 4.69) is 11.2 Å². The average molecular weight is 199 g/mol. The first-order valence-electron chi connectivity index (χ1n) is 3.73. The molecule has 0 N–H and O–H groups in total. The van der Waals surface area contributed by atoms with Gasteiger partial charge in [-0.15, -0.1) is 0 Å². The Kier molecular flexibility index (Phi) is 3.00. The summed E-state index contributed by atoms with van der Waals surface area (Å²) >= 11 is 0. The van der Waals surface area contributed by atoms with Crippen molar-refractivity contribution in [2.45, 2.75) is 6.54 Å². The highest BCUT2D eigenvalue weighted by atomic mass is 32.2. The maximum absolute atomic E-state index is 11.0. The van der Waals surface area contributed by atoms with Crippen LogP contribution in [0.5, 0.6) is 0 Å². The lowest BCUT2D eigenvalue weighted by Crippen LogP contribution is -2.25. The van der Waals surface area contributed by atoms with E-state index in [0.717, 1.165) is 0 Å². The van der Waals surface area contributed by atoms with Gasteiger partial charge in [-0.2, -0.15) is 4.31 Å². The molecule has 1 heterocycles. The standard InChI is InChI=1S/C8H11N2O2S/c1-10(13(2,11)12)7-8-5-3-4-6-9-8/h3-5H,7H2,1-2H3. The number of sulfonamides is 1. The second kappa shape index (κ2) is 3.85. The van der Waals surface area contributed by atoms with Crippen molar-refractivity contribution < 1.29 is 8.42 Å². The van der Waals surface area contributed by atoms with E-state index in [1.165, 1.54) is 17.6 Å². The molecule has 0 atom stereocenters. The molecule has 0 saturated carbocycles. The van der Waals surface area contributed by atoms with Crippen LogP contribution in [0.2, 0.25) is 0 Å². The maximum Gasteiger partial charge on any atom is 0.211 e. The molecule has 1 radical (unpaired) electrons. The van der Waals surface area contributed by atoms with Gasteiger partial charge in [-0.3, -0.25) is 0 Å². The minimum Gasteiger partial charge on any atom is -0.250 e. The van der Waals surface area contributed by atoms with E-state index in [0.29, 0.717) is 5.69 Å².